The molecule has 2 aromatic rings. The molecule has 1 amide bonds. The summed E-state index contributed by atoms with van der Waals surface area (Å²) in [7, 11) is 1.62. The van der Waals surface area contributed by atoms with Gasteiger partial charge >= 0.3 is 0 Å². The molecule has 0 aliphatic carbocycles. The number of amides is 1. The Kier molecular flexibility index (Phi) is 7.46. The van der Waals surface area contributed by atoms with Crippen LogP contribution in [0.2, 0.25) is 0 Å². The van der Waals surface area contributed by atoms with E-state index in [0.29, 0.717) is 23.8 Å². The predicted molar refractivity (Wildman–Crippen MR) is 119 cm³/mol. The third-order valence-corrected chi connectivity index (χ3v) is 5.22. The molecule has 8 heteroatoms. The number of benzene rings is 1. The lowest BCUT2D eigenvalue weighted by atomic mass is 10.0. The molecule has 3 rings (SSSR count). The monoisotopic (exact) mass is 412 g/mol. The van der Waals surface area contributed by atoms with Gasteiger partial charge in [0, 0.05) is 55.8 Å². The number of nitrogens with two attached hydrogens (primary N) is 1. The average molecular weight is 413 g/mol. The molecule has 162 valence electrons. The number of carbonyl (C=O) groups excluding carboxylic acids is 1. The van der Waals surface area contributed by atoms with Crippen LogP contribution < -0.4 is 21.1 Å². The van der Waals surface area contributed by atoms with E-state index < -0.39 is 0 Å². The highest BCUT2D eigenvalue weighted by molar-refractivity contribution is 5.94. The maximum Gasteiger partial charge on any atom is 0.254 e. The van der Waals surface area contributed by atoms with Gasteiger partial charge in [-0.15, -0.1) is 0 Å². The highest BCUT2D eigenvalue weighted by Crippen LogP contribution is 2.25. The molecule has 1 aliphatic rings. The van der Waals surface area contributed by atoms with Crippen molar-refractivity contribution in [2.45, 2.75) is 39.2 Å². The van der Waals surface area contributed by atoms with Gasteiger partial charge in [-0.1, -0.05) is 19.4 Å². The zero-order valence-corrected chi connectivity index (χ0v) is 18.1. The minimum Gasteiger partial charge on any atom is -0.496 e. The van der Waals surface area contributed by atoms with E-state index in [9.17, 15) is 4.79 Å². The molecule has 1 atom stereocenters. The first-order valence-electron chi connectivity index (χ1n) is 10.6. The highest BCUT2D eigenvalue weighted by Gasteiger charge is 2.19. The number of rotatable bonds is 8. The quantitative estimate of drug-likeness (QED) is 0.611. The molecule has 2 heterocycles. The van der Waals surface area contributed by atoms with Crippen molar-refractivity contribution in [3.8, 4) is 5.75 Å². The van der Waals surface area contributed by atoms with Gasteiger partial charge in [-0.2, -0.15) is 4.98 Å². The van der Waals surface area contributed by atoms with Gasteiger partial charge in [0.2, 0.25) is 5.95 Å². The van der Waals surface area contributed by atoms with Crippen LogP contribution in [0.4, 0.5) is 11.8 Å². The zero-order chi connectivity index (χ0) is 21.5. The van der Waals surface area contributed by atoms with E-state index in [-0.39, 0.29) is 11.9 Å². The van der Waals surface area contributed by atoms with Crippen LogP contribution in [0.1, 0.15) is 48.3 Å². The lowest BCUT2D eigenvalue weighted by Crippen LogP contribution is -2.46. The van der Waals surface area contributed by atoms with Crippen LogP contribution in [-0.2, 0) is 6.42 Å². The second-order valence-electron chi connectivity index (χ2n) is 7.68. The Morgan fingerprint density at radius 3 is 2.77 bits per heavy atom. The number of nitrogens with one attached hydrogen (secondary N) is 2. The van der Waals surface area contributed by atoms with Gasteiger partial charge in [-0.25, -0.2) is 4.98 Å². The first kappa shape index (κ1) is 21.8. The summed E-state index contributed by atoms with van der Waals surface area (Å²) in [5, 5.41) is 6.64. The van der Waals surface area contributed by atoms with E-state index in [1.54, 1.807) is 7.11 Å². The zero-order valence-electron chi connectivity index (χ0n) is 18.1. The van der Waals surface area contributed by atoms with Crippen molar-refractivity contribution in [2.24, 2.45) is 0 Å². The van der Waals surface area contributed by atoms with Crippen molar-refractivity contribution < 1.29 is 9.53 Å². The fraction of sp³-hybridized carbons (Fsp3) is 0.500. The van der Waals surface area contributed by atoms with Gasteiger partial charge in [0.25, 0.3) is 5.91 Å². The number of hydrogen-bond acceptors (Lipinski definition) is 7. The predicted octanol–water partition coefficient (Wildman–Crippen LogP) is 2.30. The van der Waals surface area contributed by atoms with Gasteiger partial charge in [-0.3, -0.25) is 4.79 Å². The largest absolute Gasteiger partial charge is 0.496 e. The molecule has 0 bridgehead atoms. The van der Waals surface area contributed by atoms with E-state index in [0.717, 1.165) is 56.1 Å². The topological polar surface area (TPSA) is 105 Å². The van der Waals surface area contributed by atoms with E-state index in [1.807, 2.05) is 29.2 Å². The van der Waals surface area contributed by atoms with Gasteiger partial charge in [0.15, 0.2) is 0 Å². The minimum atomic E-state index is 0.0315. The highest BCUT2D eigenvalue weighted by atomic mass is 16.5. The Balaban J connectivity index is 1.77. The molecule has 1 aromatic carbocycles. The number of ether oxygens (including phenoxy) is 1. The van der Waals surface area contributed by atoms with E-state index >= 15 is 0 Å². The molecular weight excluding hydrogens is 380 g/mol. The molecule has 30 heavy (non-hydrogen) atoms. The van der Waals surface area contributed by atoms with Gasteiger partial charge < -0.3 is 26.0 Å². The summed E-state index contributed by atoms with van der Waals surface area (Å²) >= 11 is 0. The lowest BCUT2D eigenvalue weighted by molar-refractivity contribution is 0.0735. The summed E-state index contributed by atoms with van der Waals surface area (Å²) in [6.45, 7) is 7.36. The molecular formula is C22H32N6O2. The van der Waals surface area contributed by atoms with Crippen molar-refractivity contribution >= 4 is 17.7 Å². The smallest absolute Gasteiger partial charge is 0.254 e. The van der Waals surface area contributed by atoms with Gasteiger partial charge in [0.1, 0.15) is 11.6 Å². The number of nitrogen functional groups attached to an aromatic ring is 1. The maximum atomic E-state index is 12.8. The third kappa shape index (κ3) is 5.60. The Hall–Kier alpha value is -2.87. The van der Waals surface area contributed by atoms with Crippen LogP contribution in [0.3, 0.4) is 0 Å². The normalized spacial score (nSPS) is 15.0. The van der Waals surface area contributed by atoms with Crippen molar-refractivity contribution in [2.75, 3.05) is 44.3 Å². The Morgan fingerprint density at radius 2 is 2.07 bits per heavy atom. The van der Waals surface area contributed by atoms with Crippen LogP contribution in [0.5, 0.6) is 5.75 Å². The summed E-state index contributed by atoms with van der Waals surface area (Å²) in [5.41, 5.74) is 8.31. The summed E-state index contributed by atoms with van der Waals surface area (Å²) < 4.78 is 5.58. The maximum absolute atomic E-state index is 12.8. The standard InChI is InChI=1S/C22H32N6O2/c1-4-5-15(2)25-20-14-18(26-22(23)27-20)12-16-6-7-17(13-19(16)30-3)21(29)28-10-8-24-9-11-28/h6-7,13-15,24H,4-5,8-12H2,1-3H3,(H3,23,25,26,27)/t15-/m0/s1. The third-order valence-electron chi connectivity index (χ3n) is 5.22. The molecule has 0 radical (unpaired) electrons. The summed E-state index contributed by atoms with van der Waals surface area (Å²) in [6, 6.07) is 7.82. The first-order valence-corrected chi connectivity index (χ1v) is 10.6. The number of piperazine rings is 1. The number of methoxy groups -OCH3 is 1. The first-order chi connectivity index (χ1) is 14.5. The molecule has 0 unspecified atom stereocenters. The molecule has 8 nitrogen and oxygen atoms in total. The van der Waals surface area contributed by atoms with E-state index in [4.69, 9.17) is 10.5 Å². The van der Waals surface area contributed by atoms with Crippen molar-refractivity contribution in [1.82, 2.24) is 20.2 Å². The molecule has 0 saturated carbocycles. The van der Waals surface area contributed by atoms with E-state index in [2.05, 4.69) is 34.4 Å². The fourth-order valence-corrected chi connectivity index (χ4v) is 3.71. The molecule has 1 aromatic heterocycles. The molecule has 1 fully saturated rings. The van der Waals surface area contributed by atoms with Crippen molar-refractivity contribution in [3.05, 3.63) is 41.1 Å². The number of nitrogens with zero attached hydrogens (tertiary/aromatic N) is 3. The number of aromatic nitrogens is 2. The molecule has 1 saturated heterocycles. The average Bonchev–Trinajstić information content (AvgIpc) is 2.74. The SMILES string of the molecule is CCC[C@H](C)Nc1cc(Cc2ccc(C(=O)N3CCNCC3)cc2OC)nc(N)n1. The Labute approximate surface area is 178 Å². The van der Waals surface area contributed by atoms with Gasteiger partial charge in [-0.05, 0) is 25.5 Å². The molecule has 0 spiro atoms. The van der Waals surface area contributed by atoms with Crippen molar-refractivity contribution in [3.63, 3.8) is 0 Å². The summed E-state index contributed by atoms with van der Waals surface area (Å²) in [4.78, 5) is 23.3. The second-order valence-corrected chi connectivity index (χ2v) is 7.68. The minimum absolute atomic E-state index is 0.0315. The lowest BCUT2D eigenvalue weighted by Gasteiger charge is -2.27. The van der Waals surface area contributed by atoms with Crippen LogP contribution in [0.15, 0.2) is 24.3 Å². The number of anilines is 2. The molecule has 4 N–H and O–H groups in total. The van der Waals surface area contributed by atoms with Crippen LogP contribution in [-0.4, -0.2) is 60.1 Å². The fourth-order valence-electron chi connectivity index (χ4n) is 3.71. The van der Waals surface area contributed by atoms with Gasteiger partial charge in [0.05, 0.1) is 12.8 Å². The Bertz CT molecular complexity index is 867. The molecule has 1 aliphatic heterocycles. The van der Waals surface area contributed by atoms with Crippen molar-refractivity contribution in [1.29, 1.82) is 0 Å². The van der Waals surface area contributed by atoms with Crippen LogP contribution in [0, 0.1) is 0 Å². The van der Waals surface area contributed by atoms with E-state index in [1.165, 1.54) is 0 Å². The van der Waals surface area contributed by atoms with Crippen LogP contribution in [0.25, 0.3) is 0 Å². The second kappa shape index (κ2) is 10.2. The van der Waals surface area contributed by atoms with Crippen LogP contribution >= 0.6 is 0 Å². The number of hydrogen-bond donors (Lipinski definition) is 3. The Morgan fingerprint density at radius 1 is 1.30 bits per heavy atom. The number of carbonyl (C=O) groups is 1. The summed E-state index contributed by atoms with van der Waals surface area (Å²) in [5.74, 6) is 1.66. The summed E-state index contributed by atoms with van der Waals surface area (Å²) in [6.07, 6.45) is 2.68.